The fraction of sp³-hybridized carbons (Fsp3) is 0.524. The first-order valence-electron chi connectivity index (χ1n) is 9.44. The minimum atomic E-state index is -3.30. The third-order valence-corrected chi connectivity index (χ3v) is 8.81. The molecule has 0 bridgehead atoms. The van der Waals surface area contributed by atoms with E-state index in [9.17, 15) is 8.42 Å². The lowest BCUT2D eigenvalue weighted by molar-refractivity contribution is 0.202. The van der Waals surface area contributed by atoms with Crippen molar-refractivity contribution in [3.63, 3.8) is 0 Å². The van der Waals surface area contributed by atoms with Gasteiger partial charge in [0, 0.05) is 6.54 Å². The van der Waals surface area contributed by atoms with E-state index in [1.54, 1.807) is 35.6 Å². The second-order valence-electron chi connectivity index (χ2n) is 7.88. The maximum Gasteiger partial charge on any atom is 0.183 e. The minimum Gasteiger partial charge on any atom is -0.303 e. The topological polar surface area (TPSA) is 37.4 Å². The van der Waals surface area contributed by atoms with Gasteiger partial charge >= 0.3 is 0 Å². The van der Waals surface area contributed by atoms with Crippen LogP contribution < -0.4 is 0 Å². The Bertz CT molecular complexity index is 783. The molecule has 3 rings (SSSR count). The zero-order valence-corrected chi connectivity index (χ0v) is 17.4. The summed E-state index contributed by atoms with van der Waals surface area (Å²) < 4.78 is 25.1. The normalized spacial score (nSPS) is 19.5. The number of likely N-dealkylation sites (tertiary alicyclic amines) is 1. The van der Waals surface area contributed by atoms with Gasteiger partial charge in [-0.2, -0.15) is 11.3 Å². The Hall–Kier alpha value is -1.17. The van der Waals surface area contributed by atoms with Crippen molar-refractivity contribution in [2.45, 2.75) is 55.1 Å². The van der Waals surface area contributed by atoms with Crippen LogP contribution in [0.15, 0.2) is 52.1 Å². The highest BCUT2D eigenvalue weighted by Crippen LogP contribution is 2.31. The highest BCUT2D eigenvalue weighted by atomic mass is 32.2. The van der Waals surface area contributed by atoms with Gasteiger partial charge in [-0.15, -0.1) is 0 Å². The summed E-state index contributed by atoms with van der Waals surface area (Å²) >= 11 is 1.77. The molecule has 142 valence electrons. The molecular weight excluding hydrogens is 362 g/mol. The molecule has 3 nitrogen and oxygen atoms in total. The van der Waals surface area contributed by atoms with E-state index >= 15 is 0 Å². The number of rotatable bonds is 7. The van der Waals surface area contributed by atoms with Crippen LogP contribution in [-0.4, -0.2) is 37.7 Å². The van der Waals surface area contributed by atoms with Gasteiger partial charge < -0.3 is 4.90 Å². The number of sulfone groups is 1. The van der Waals surface area contributed by atoms with Crippen LogP contribution in [0.4, 0.5) is 0 Å². The number of hydrogen-bond acceptors (Lipinski definition) is 4. The molecule has 26 heavy (non-hydrogen) atoms. The van der Waals surface area contributed by atoms with E-state index in [-0.39, 0.29) is 0 Å². The predicted octanol–water partition coefficient (Wildman–Crippen LogP) is 4.96. The first kappa shape index (κ1) is 19.6. The molecule has 1 aliphatic rings. The van der Waals surface area contributed by atoms with Crippen LogP contribution in [0, 0.1) is 0 Å². The molecule has 1 unspecified atom stereocenters. The van der Waals surface area contributed by atoms with Gasteiger partial charge in [-0.25, -0.2) is 8.42 Å². The van der Waals surface area contributed by atoms with Crippen molar-refractivity contribution in [2.75, 3.05) is 19.6 Å². The van der Waals surface area contributed by atoms with Crippen LogP contribution in [0.3, 0.4) is 0 Å². The molecule has 0 N–H and O–H groups in total. The molecule has 2 aromatic rings. The van der Waals surface area contributed by atoms with E-state index in [1.807, 2.05) is 19.9 Å². The summed E-state index contributed by atoms with van der Waals surface area (Å²) in [4.78, 5) is 2.94. The lowest BCUT2D eigenvalue weighted by atomic mass is 9.92. The third kappa shape index (κ3) is 4.38. The van der Waals surface area contributed by atoms with Gasteiger partial charge in [0.05, 0.1) is 9.64 Å². The van der Waals surface area contributed by atoms with Crippen LogP contribution in [0.1, 0.15) is 51.0 Å². The van der Waals surface area contributed by atoms with Crippen LogP contribution in [-0.2, 0) is 9.84 Å². The van der Waals surface area contributed by atoms with Crippen molar-refractivity contribution in [3.05, 3.63) is 52.7 Å². The first-order chi connectivity index (χ1) is 12.4. The van der Waals surface area contributed by atoms with Gasteiger partial charge in [-0.1, -0.05) is 18.2 Å². The van der Waals surface area contributed by atoms with Gasteiger partial charge in [-0.05, 0) is 93.1 Å². The van der Waals surface area contributed by atoms with E-state index in [4.69, 9.17) is 0 Å². The summed E-state index contributed by atoms with van der Waals surface area (Å²) in [5, 5.41) is 4.43. The molecule has 1 fully saturated rings. The van der Waals surface area contributed by atoms with Gasteiger partial charge in [0.1, 0.15) is 0 Å². The number of piperidine rings is 1. The average Bonchev–Trinajstić information content (AvgIpc) is 3.17. The second-order valence-corrected chi connectivity index (χ2v) is 11.2. The van der Waals surface area contributed by atoms with Crippen molar-refractivity contribution >= 4 is 21.2 Å². The Morgan fingerprint density at radius 1 is 1.19 bits per heavy atom. The van der Waals surface area contributed by atoms with Crippen LogP contribution >= 0.6 is 11.3 Å². The minimum absolute atomic E-state index is 0.431. The summed E-state index contributed by atoms with van der Waals surface area (Å²) in [5.74, 6) is 0.635. The van der Waals surface area contributed by atoms with Crippen molar-refractivity contribution in [3.8, 4) is 0 Å². The smallest absolute Gasteiger partial charge is 0.183 e. The monoisotopic (exact) mass is 391 g/mol. The van der Waals surface area contributed by atoms with E-state index in [1.165, 1.54) is 18.4 Å². The molecule has 0 radical (unpaired) electrons. The molecule has 1 aromatic carbocycles. The van der Waals surface area contributed by atoms with E-state index in [0.29, 0.717) is 17.2 Å². The van der Waals surface area contributed by atoms with E-state index in [0.717, 1.165) is 26.1 Å². The van der Waals surface area contributed by atoms with Crippen LogP contribution in [0.25, 0.3) is 0 Å². The van der Waals surface area contributed by atoms with E-state index < -0.39 is 14.6 Å². The summed E-state index contributed by atoms with van der Waals surface area (Å²) in [6, 6.07) is 11.1. The Morgan fingerprint density at radius 2 is 1.96 bits per heavy atom. The van der Waals surface area contributed by atoms with Gasteiger partial charge in [-0.3, -0.25) is 0 Å². The zero-order chi connectivity index (χ0) is 18.6. The molecule has 0 aliphatic carbocycles. The Balaban J connectivity index is 1.55. The quantitative estimate of drug-likeness (QED) is 0.669. The van der Waals surface area contributed by atoms with Crippen molar-refractivity contribution in [1.82, 2.24) is 4.90 Å². The lowest BCUT2D eigenvalue weighted by Gasteiger charge is -2.33. The summed E-state index contributed by atoms with van der Waals surface area (Å²) in [5.41, 5.74) is 1.46. The Morgan fingerprint density at radius 3 is 2.65 bits per heavy atom. The zero-order valence-electron chi connectivity index (χ0n) is 15.7. The van der Waals surface area contributed by atoms with Crippen molar-refractivity contribution < 1.29 is 8.42 Å². The number of hydrogen-bond donors (Lipinski definition) is 0. The molecule has 2 heterocycles. The largest absolute Gasteiger partial charge is 0.303 e. The van der Waals surface area contributed by atoms with Gasteiger partial charge in [0.25, 0.3) is 0 Å². The van der Waals surface area contributed by atoms with Crippen molar-refractivity contribution in [2.24, 2.45) is 0 Å². The van der Waals surface area contributed by atoms with Gasteiger partial charge in [0.15, 0.2) is 9.84 Å². The maximum absolute atomic E-state index is 12.9. The van der Waals surface area contributed by atoms with Crippen molar-refractivity contribution in [1.29, 1.82) is 0 Å². The average molecular weight is 392 g/mol. The Kier molecular flexibility index (Phi) is 6.21. The molecule has 1 saturated heterocycles. The number of nitrogens with zero attached hydrogens (tertiary/aromatic N) is 1. The molecule has 1 atom stereocenters. The highest BCUT2D eigenvalue weighted by molar-refractivity contribution is 7.92. The third-order valence-electron chi connectivity index (χ3n) is 5.55. The van der Waals surface area contributed by atoms with Crippen LogP contribution in [0.5, 0.6) is 0 Å². The maximum atomic E-state index is 12.9. The molecule has 5 heteroatoms. The number of benzene rings is 1. The Labute approximate surface area is 162 Å². The SMILES string of the molecule is CC(C)(CCCN1CCCC(c2ccsc2)C1)S(=O)(=O)c1ccccc1. The molecule has 1 aliphatic heterocycles. The summed E-state index contributed by atoms with van der Waals surface area (Å²) in [6.45, 7) is 6.93. The second kappa shape index (κ2) is 8.24. The first-order valence-corrected chi connectivity index (χ1v) is 11.9. The molecule has 0 spiro atoms. The lowest BCUT2D eigenvalue weighted by Crippen LogP contribution is -2.37. The standard InChI is InChI=1S/C21H29NO2S2/c1-21(2,26(23,24)20-9-4-3-5-10-20)12-7-14-22-13-6-8-18(16-22)19-11-15-25-17-19/h3-5,9-11,15,17-18H,6-8,12-14,16H2,1-2H3. The molecule has 1 aromatic heterocycles. The fourth-order valence-electron chi connectivity index (χ4n) is 3.82. The highest BCUT2D eigenvalue weighted by Gasteiger charge is 2.35. The molecule has 0 amide bonds. The summed E-state index contributed by atoms with van der Waals surface area (Å²) in [7, 11) is -3.30. The number of thiophene rings is 1. The van der Waals surface area contributed by atoms with E-state index in [2.05, 4.69) is 21.7 Å². The summed E-state index contributed by atoms with van der Waals surface area (Å²) in [6.07, 6.45) is 4.09. The molecular formula is C21H29NO2S2. The predicted molar refractivity (Wildman–Crippen MR) is 110 cm³/mol. The molecule has 0 saturated carbocycles. The van der Waals surface area contributed by atoms with Crippen LogP contribution in [0.2, 0.25) is 0 Å². The fourth-order valence-corrected chi connectivity index (χ4v) is 6.13. The van der Waals surface area contributed by atoms with Gasteiger partial charge in [0.2, 0.25) is 0 Å².